The van der Waals surface area contributed by atoms with Gasteiger partial charge in [-0.05, 0) is 23.3 Å². The fourth-order valence-electron chi connectivity index (χ4n) is 1.77. The van der Waals surface area contributed by atoms with Gasteiger partial charge in [0.15, 0.2) is 5.78 Å². The van der Waals surface area contributed by atoms with E-state index in [0.717, 1.165) is 6.07 Å². The summed E-state index contributed by atoms with van der Waals surface area (Å²) in [6.45, 7) is 1.79. The van der Waals surface area contributed by atoms with Gasteiger partial charge in [-0.15, -0.1) is 0 Å². The third kappa shape index (κ3) is 2.62. The average Bonchev–Trinajstić information content (AvgIpc) is 2.37. The van der Waals surface area contributed by atoms with Gasteiger partial charge in [-0.2, -0.15) is 0 Å². The first-order valence-corrected chi connectivity index (χ1v) is 5.70. The lowest BCUT2D eigenvalue weighted by Gasteiger charge is -2.04. The van der Waals surface area contributed by atoms with E-state index in [2.05, 4.69) is 0 Å². The van der Waals surface area contributed by atoms with Crippen molar-refractivity contribution in [2.75, 3.05) is 0 Å². The maximum atomic E-state index is 13.1. The molecule has 92 valence electrons. The van der Waals surface area contributed by atoms with Crippen LogP contribution in [-0.2, 0) is 0 Å². The fraction of sp³-hybridized carbons (Fsp3) is 0.133. The van der Waals surface area contributed by atoms with E-state index < -0.39 is 11.6 Å². The van der Waals surface area contributed by atoms with Crippen molar-refractivity contribution >= 4 is 5.78 Å². The average molecular weight is 246 g/mol. The van der Waals surface area contributed by atoms with Crippen molar-refractivity contribution in [3.05, 3.63) is 59.7 Å². The number of Topliss-reactive ketones (excluding diaryl/α,β-unsaturated/α-hetero) is 1. The van der Waals surface area contributed by atoms with Crippen LogP contribution < -0.4 is 0 Å². The Hall–Kier alpha value is -2.03. The summed E-state index contributed by atoms with van der Waals surface area (Å²) >= 11 is 0. The summed E-state index contributed by atoms with van der Waals surface area (Å²) in [5, 5.41) is 0. The van der Waals surface area contributed by atoms with Crippen molar-refractivity contribution in [1.82, 2.24) is 0 Å². The zero-order valence-electron chi connectivity index (χ0n) is 9.91. The van der Waals surface area contributed by atoms with Crippen LogP contribution in [-0.4, -0.2) is 5.78 Å². The quantitative estimate of drug-likeness (QED) is 0.741. The van der Waals surface area contributed by atoms with E-state index in [4.69, 9.17) is 0 Å². The smallest absolute Gasteiger partial charge is 0.162 e. The van der Waals surface area contributed by atoms with Crippen molar-refractivity contribution in [1.29, 1.82) is 0 Å². The summed E-state index contributed by atoms with van der Waals surface area (Å²) in [6.07, 6.45) is 0.438. The maximum absolute atomic E-state index is 13.1. The molecule has 3 heteroatoms. The first-order valence-electron chi connectivity index (χ1n) is 5.70. The number of hydrogen-bond acceptors (Lipinski definition) is 1. The van der Waals surface area contributed by atoms with Crippen LogP contribution in [0.1, 0.15) is 23.7 Å². The largest absolute Gasteiger partial charge is 0.294 e. The molecule has 0 saturated heterocycles. The van der Waals surface area contributed by atoms with Crippen molar-refractivity contribution in [2.24, 2.45) is 0 Å². The lowest BCUT2D eigenvalue weighted by molar-refractivity contribution is 0.0988. The molecule has 2 aromatic rings. The summed E-state index contributed by atoms with van der Waals surface area (Å²) < 4.78 is 26.2. The molecule has 0 amide bonds. The van der Waals surface area contributed by atoms with Gasteiger partial charge in [-0.25, -0.2) is 8.78 Å². The van der Waals surface area contributed by atoms with Crippen molar-refractivity contribution in [3.63, 3.8) is 0 Å². The Morgan fingerprint density at radius 3 is 2.00 bits per heavy atom. The van der Waals surface area contributed by atoms with Gasteiger partial charge >= 0.3 is 0 Å². The van der Waals surface area contributed by atoms with Gasteiger partial charge in [0, 0.05) is 18.1 Å². The number of rotatable bonds is 3. The van der Waals surface area contributed by atoms with E-state index in [0.29, 0.717) is 23.1 Å². The zero-order chi connectivity index (χ0) is 13.1. The number of ketones is 1. The molecule has 0 N–H and O–H groups in total. The Morgan fingerprint density at radius 2 is 1.50 bits per heavy atom. The molecule has 0 fully saturated rings. The van der Waals surface area contributed by atoms with E-state index in [1.54, 1.807) is 31.2 Å². The monoisotopic (exact) mass is 246 g/mol. The van der Waals surface area contributed by atoms with Gasteiger partial charge in [-0.3, -0.25) is 4.79 Å². The van der Waals surface area contributed by atoms with Gasteiger partial charge in [0.25, 0.3) is 0 Å². The second kappa shape index (κ2) is 5.08. The number of halogens is 2. The number of carbonyl (C=O) groups is 1. The normalized spacial score (nSPS) is 10.4. The molecular formula is C15H12F2O. The van der Waals surface area contributed by atoms with E-state index >= 15 is 0 Å². The molecule has 0 atom stereocenters. The molecule has 0 unspecified atom stereocenters. The van der Waals surface area contributed by atoms with Crippen molar-refractivity contribution in [2.45, 2.75) is 13.3 Å². The molecule has 0 aliphatic heterocycles. The van der Waals surface area contributed by atoms with E-state index in [-0.39, 0.29) is 5.78 Å². The predicted molar refractivity (Wildman–Crippen MR) is 66.4 cm³/mol. The highest BCUT2D eigenvalue weighted by Crippen LogP contribution is 2.22. The number of benzene rings is 2. The molecule has 0 aromatic heterocycles. The highest BCUT2D eigenvalue weighted by molar-refractivity contribution is 5.96. The SMILES string of the molecule is CCC(=O)c1ccc(-c2cc(F)cc(F)c2)cc1. The summed E-state index contributed by atoms with van der Waals surface area (Å²) in [5.74, 6) is -1.18. The zero-order valence-corrected chi connectivity index (χ0v) is 9.91. The van der Waals surface area contributed by atoms with Crippen molar-refractivity contribution in [3.8, 4) is 11.1 Å². The number of hydrogen-bond donors (Lipinski definition) is 0. The second-order valence-electron chi connectivity index (χ2n) is 4.01. The van der Waals surface area contributed by atoms with Crippen LogP contribution in [0.5, 0.6) is 0 Å². The summed E-state index contributed by atoms with van der Waals surface area (Å²) in [7, 11) is 0. The van der Waals surface area contributed by atoms with E-state index in [1.165, 1.54) is 12.1 Å². The Labute approximate surface area is 104 Å². The maximum Gasteiger partial charge on any atom is 0.162 e. The Morgan fingerprint density at radius 1 is 0.944 bits per heavy atom. The van der Waals surface area contributed by atoms with Crippen molar-refractivity contribution < 1.29 is 13.6 Å². The minimum absolute atomic E-state index is 0.0481. The lowest BCUT2D eigenvalue weighted by Crippen LogP contribution is -1.95. The molecule has 0 heterocycles. The molecule has 1 nitrogen and oxygen atoms in total. The highest BCUT2D eigenvalue weighted by Gasteiger charge is 2.05. The first-order chi connectivity index (χ1) is 8.60. The molecule has 0 saturated carbocycles. The third-order valence-corrected chi connectivity index (χ3v) is 2.72. The van der Waals surface area contributed by atoms with E-state index in [1.807, 2.05) is 0 Å². The molecule has 0 aliphatic carbocycles. The van der Waals surface area contributed by atoms with Gasteiger partial charge in [0.05, 0.1) is 0 Å². The van der Waals surface area contributed by atoms with Crippen LogP contribution >= 0.6 is 0 Å². The van der Waals surface area contributed by atoms with Crippen LogP contribution in [0.2, 0.25) is 0 Å². The lowest BCUT2D eigenvalue weighted by atomic mass is 10.0. The first kappa shape index (κ1) is 12.4. The number of carbonyl (C=O) groups excluding carboxylic acids is 1. The molecule has 2 rings (SSSR count). The summed E-state index contributed by atoms with van der Waals surface area (Å²) in [4.78, 5) is 11.4. The van der Waals surface area contributed by atoms with Crippen LogP contribution in [0.25, 0.3) is 11.1 Å². The molecule has 0 spiro atoms. The highest BCUT2D eigenvalue weighted by atomic mass is 19.1. The fourth-order valence-corrected chi connectivity index (χ4v) is 1.77. The predicted octanol–water partition coefficient (Wildman–Crippen LogP) is 4.22. The van der Waals surface area contributed by atoms with Crippen LogP contribution in [0.4, 0.5) is 8.78 Å². The standard InChI is InChI=1S/C15H12F2O/c1-2-15(18)11-5-3-10(4-6-11)12-7-13(16)9-14(17)8-12/h3-9H,2H2,1H3. The third-order valence-electron chi connectivity index (χ3n) is 2.72. The van der Waals surface area contributed by atoms with Gasteiger partial charge in [0.1, 0.15) is 11.6 Å². The van der Waals surface area contributed by atoms with Crippen LogP contribution in [0.15, 0.2) is 42.5 Å². The van der Waals surface area contributed by atoms with Crippen LogP contribution in [0.3, 0.4) is 0 Å². The summed E-state index contributed by atoms with van der Waals surface area (Å²) in [6, 6.07) is 10.1. The Balaban J connectivity index is 2.37. The molecule has 0 bridgehead atoms. The Kier molecular flexibility index (Phi) is 3.51. The van der Waals surface area contributed by atoms with Gasteiger partial charge < -0.3 is 0 Å². The molecule has 0 aliphatic rings. The van der Waals surface area contributed by atoms with E-state index in [9.17, 15) is 13.6 Å². The van der Waals surface area contributed by atoms with Gasteiger partial charge in [0.2, 0.25) is 0 Å². The molecular weight excluding hydrogens is 234 g/mol. The molecule has 0 radical (unpaired) electrons. The minimum atomic E-state index is -0.612. The Bertz CT molecular complexity index is 553. The topological polar surface area (TPSA) is 17.1 Å². The second-order valence-corrected chi connectivity index (χ2v) is 4.01. The summed E-state index contributed by atoms with van der Waals surface area (Å²) in [5.41, 5.74) is 1.75. The van der Waals surface area contributed by atoms with Crippen LogP contribution in [0, 0.1) is 11.6 Å². The molecule has 18 heavy (non-hydrogen) atoms. The van der Waals surface area contributed by atoms with Gasteiger partial charge in [-0.1, -0.05) is 31.2 Å². The minimum Gasteiger partial charge on any atom is -0.294 e. The molecule has 2 aromatic carbocycles.